The molecule has 3 rings (SSSR count). The van der Waals surface area contributed by atoms with Crippen molar-refractivity contribution >= 4 is 17.8 Å². The summed E-state index contributed by atoms with van der Waals surface area (Å²) in [7, 11) is 1.34. The van der Waals surface area contributed by atoms with Crippen LogP contribution in [0.3, 0.4) is 0 Å². The van der Waals surface area contributed by atoms with E-state index in [2.05, 4.69) is 0 Å². The molecule has 0 bridgehead atoms. The first-order valence-electron chi connectivity index (χ1n) is 11.9. The number of amides is 1. The van der Waals surface area contributed by atoms with Crippen molar-refractivity contribution in [2.45, 2.75) is 70.2 Å². The van der Waals surface area contributed by atoms with E-state index in [-0.39, 0.29) is 32.7 Å². The average Bonchev–Trinajstić information content (AvgIpc) is 3.29. The summed E-state index contributed by atoms with van der Waals surface area (Å²) in [6.07, 6.45) is -3.35. The summed E-state index contributed by atoms with van der Waals surface area (Å²) < 4.78 is 63.0. The fourth-order valence-electron chi connectivity index (χ4n) is 5.02. The number of hydrogen-bond donors (Lipinski definition) is 0. The molecular weight excluding hydrogens is 495 g/mol. The lowest BCUT2D eigenvalue weighted by atomic mass is 9.72. The molecule has 4 unspecified atom stereocenters. The first-order valence-corrected chi connectivity index (χ1v) is 11.9. The zero-order chi connectivity index (χ0) is 27.4. The van der Waals surface area contributed by atoms with Crippen molar-refractivity contribution in [2.75, 3.05) is 20.3 Å². The smallest absolute Gasteiger partial charge is 0.460 e. The molecule has 37 heavy (non-hydrogen) atoms. The van der Waals surface area contributed by atoms with Crippen LogP contribution < -0.4 is 0 Å². The van der Waals surface area contributed by atoms with Gasteiger partial charge in [0.1, 0.15) is 23.7 Å². The van der Waals surface area contributed by atoms with E-state index in [9.17, 15) is 27.6 Å². The molecule has 2 aliphatic rings. The van der Waals surface area contributed by atoms with Gasteiger partial charge < -0.3 is 23.8 Å². The monoisotopic (exact) mass is 527 g/mol. The number of rotatable bonds is 8. The zero-order valence-electron chi connectivity index (χ0n) is 21.2. The Hall–Kier alpha value is -2.92. The van der Waals surface area contributed by atoms with Crippen molar-refractivity contribution in [1.29, 1.82) is 0 Å². The number of esters is 2. The van der Waals surface area contributed by atoms with Crippen LogP contribution in [0.2, 0.25) is 0 Å². The molecule has 0 spiro atoms. The number of halogens is 3. The van der Waals surface area contributed by atoms with Crippen LogP contribution in [0.25, 0.3) is 0 Å². The molecule has 0 aromatic heterocycles. The summed E-state index contributed by atoms with van der Waals surface area (Å²) in [6.45, 7) is 4.23. The fraction of sp³-hybridized carbons (Fsp3) is 0.577. The number of methoxy groups -OCH3 is 1. The van der Waals surface area contributed by atoms with Crippen LogP contribution in [-0.2, 0) is 39.9 Å². The third-order valence-corrected chi connectivity index (χ3v) is 6.95. The van der Waals surface area contributed by atoms with Gasteiger partial charge in [-0.25, -0.2) is 0 Å². The normalized spacial score (nSPS) is 26.0. The lowest BCUT2D eigenvalue weighted by Gasteiger charge is -2.44. The summed E-state index contributed by atoms with van der Waals surface area (Å²) in [4.78, 5) is 38.9. The van der Waals surface area contributed by atoms with Gasteiger partial charge in [-0.2, -0.15) is 13.2 Å². The molecule has 0 radical (unpaired) electrons. The van der Waals surface area contributed by atoms with E-state index in [0.29, 0.717) is 5.56 Å². The van der Waals surface area contributed by atoms with Gasteiger partial charge in [-0.3, -0.25) is 14.4 Å². The Kier molecular flexibility index (Phi) is 8.69. The van der Waals surface area contributed by atoms with Crippen molar-refractivity contribution in [3.63, 3.8) is 0 Å². The minimum Gasteiger partial charge on any atom is -0.460 e. The van der Waals surface area contributed by atoms with E-state index >= 15 is 0 Å². The van der Waals surface area contributed by atoms with Crippen molar-refractivity contribution in [3.8, 4) is 0 Å². The van der Waals surface area contributed by atoms with Crippen molar-refractivity contribution in [3.05, 3.63) is 48.0 Å². The third kappa shape index (κ3) is 6.15. The third-order valence-electron chi connectivity index (χ3n) is 6.95. The summed E-state index contributed by atoms with van der Waals surface area (Å²) >= 11 is 0. The second kappa shape index (κ2) is 11.2. The standard InChI is InChI=1S/C26H32F3NO7/c1-17(31)37-24(2,3)25(23(33)36-15-18-8-6-5-7-9-18)12-10-19(14-25)30(22(32)26(27,28)29)20-11-13-35-16-21(20)34-4/h5-10,12,19-21H,11,13-16H2,1-4H3. The van der Waals surface area contributed by atoms with Gasteiger partial charge in [0, 0.05) is 20.6 Å². The highest BCUT2D eigenvalue weighted by Crippen LogP contribution is 2.48. The molecule has 1 aliphatic carbocycles. The highest BCUT2D eigenvalue weighted by molar-refractivity contribution is 5.85. The number of ether oxygens (including phenoxy) is 4. The second-order valence-corrected chi connectivity index (χ2v) is 9.68. The number of hydrogen-bond acceptors (Lipinski definition) is 7. The molecule has 1 amide bonds. The van der Waals surface area contributed by atoms with Gasteiger partial charge in [0.2, 0.25) is 0 Å². The quantitative estimate of drug-likeness (QED) is 0.377. The van der Waals surface area contributed by atoms with Crippen LogP contribution in [-0.4, -0.2) is 73.0 Å². The first kappa shape index (κ1) is 28.6. The lowest BCUT2D eigenvalue weighted by Crippen LogP contribution is -2.59. The van der Waals surface area contributed by atoms with Crippen LogP contribution in [0.15, 0.2) is 42.5 Å². The van der Waals surface area contributed by atoms with Gasteiger partial charge in [-0.15, -0.1) is 0 Å². The van der Waals surface area contributed by atoms with E-state index in [1.165, 1.54) is 40.0 Å². The Morgan fingerprint density at radius 1 is 1.16 bits per heavy atom. The lowest BCUT2D eigenvalue weighted by molar-refractivity contribution is -0.198. The van der Waals surface area contributed by atoms with Gasteiger partial charge in [-0.1, -0.05) is 42.5 Å². The van der Waals surface area contributed by atoms with Crippen LogP contribution in [0.4, 0.5) is 13.2 Å². The van der Waals surface area contributed by atoms with Crippen LogP contribution >= 0.6 is 0 Å². The minimum atomic E-state index is -5.16. The number of benzene rings is 1. The van der Waals surface area contributed by atoms with E-state index in [0.717, 1.165) is 4.90 Å². The number of carbonyl (C=O) groups excluding carboxylic acids is 3. The SMILES string of the molecule is COC1COCCC1N(C(=O)C(F)(F)F)C1C=CC(C(=O)OCc2ccccc2)(C(C)(C)OC(C)=O)C1. The zero-order valence-corrected chi connectivity index (χ0v) is 21.2. The predicted octanol–water partition coefficient (Wildman–Crippen LogP) is 3.58. The van der Waals surface area contributed by atoms with Crippen molar-refractivity contribution < 1.29 is 46.5 Å². The minimum absolute atomic E-state index is 0.0163. The van der Waals surface area contributed by atoms with E-state index in [1.807, 2.05) is 0 Å². The Morgan fingerprint density at radius 3 is 2.43 bits per heavy atom. The molecule has 0 N–H and O–H groups in total. The fourth-order valence-corrected chi connectivity index (χ4v) is 5.02. The summed E-state index contributed by atoms with van der Waals surface area (Å²) in [6, 6.07) is 6.76. The second-order valence-electron chi connectivity index (χ2n) is 9.68. The van der Waals surface area contributed by atoms with Crippen LogP contribution in [0.1, 0.15) is 39.2 Å². The molecule has 1 aromatic carbocycles. The molecule has 1 aliphatic heterocycles. The van der Waals surface area contributed by atoms with Gasteiger partial charge in [0.15, 0.2) is 0 Å². The van der Waals surface area contributed by atoms with E-state index in [1.54, 1.807) is 30.3 Å². The molecule has 1 fully saturated rings. The maximum Gasteiger partial charge on any atom is 0.471 e. The molecule has 8 nitrogen and oxygen atoms in total. The molecule has 0 saturated carbocycles. The van der Waals surface area contributed by atoms with Crippen molar-refractivity contribution in [1.82, 2.24) is 4.90 Å². The molecule has 1 saturated heterocycles. The predicted molar refractivity (Wildman–Crippen MR) is 125 cm³/mol. The molecule has 204 valence electrons. The van der Waals surface area contributed by atoms with Gasteiger partial charge in [-0.05, 0) is 32.3 Å². The molecule has 4 atom stereocenters. The number of carbonyl (C=O) groups is 3. The summed E-state index contributed by atoms with van der Waals surface area (Å²) in [5.74, 6) is -3.50. The summed E-state index contributed by atoms with van der Waals surface area (Å²) in [5.41, 5.74) is -2.45. The number of nitrogens with zero attached hydrogens (tertiary/aromatic N) is 1. The van der Waals surface area contributed by atoms with Gasteiger partial charge in [0.25, 0.3) is 0 Å². The van der Waals surface area contributed by atoms with Gasteiger partial charge >= 0.3 is 24.0 Å². The molecule has 1 aromatic rings. The van der Waals surface area contributed by atoms with Gasteiger partial charge in [0.05, 0.1) is 18.7 Å². The highest BCUT2D eigenvalue weighted by Gasteiger charge is 2.59. The molecule has 1 heterocycles. The molecular formula is C26H32F3NO7. The van der Waals surface area contributed by atoms with E-state index in [4.69, 9.17) is 18.9 Å². The topological polar surface area (TPSA) is 91.4 Å². The Labute approximate surface area is 213 Å². The molecule has 11 heteroatoms. The van der Waals surface area contributed by atoms with Crippen LogP contribution in [0, 0.1) is 5.41 Å². The van der Waals surface area contributed by atoms with Crippen LogP contribution in [0.5, 0.6) is 0 Å². The maximum atomic E-state index is 13.8. The average molecular weight is 528 g/mol. The Bertz CT molecular complexity index is 1010. The largest absolute Gasteiger partial charge is 0.471 e. The Balaban J connectivity index is 1.97. The Morgan fingerprint density at radius 2 is 1.84 bits per heavy atom. The first-order chi connectivity index (χ1) is 17.3. The highest BCUT2D eigenvalue weighted by atomic mass is 19.4. The van der Waals surface area contributed by atoms with E-state index < -0.39 is 53.2 Å². The maximum absolute atomic E-state index is 13.8. The van der Waals surface area contributed by atoms with Crippen molar-refractivity contribution in [2.24, 2.45) is 5.41 Å². The summed E-state index contributed by atoms with van der Waals surface area (Å²) in [5, 5.41) is 0. The number of alkyl halides is 3.